The first kappa shape index (κ1) is 15.4. The first-order valence-corrected chi connectivity index (χ1v) is 10.2. The molecule has 2 N–H and O–H groups in total. The van der Waals surface area contributed by atoms with Gasteiger partial charge in [0.2, 0.25) is 0 Å². The number of hydrogen-bond donors (Lipinski definition) is 2. The van der Waals surface area contributed by atoms with Crippen molar-refractivity contribution in [3.63, 3.8) is 0 Å². The molecule has 122 valence electrons. The highest BCUT2D eigenvalue weighted by molar-refractivity contribution is 7.10. The molecule has 2 aromatic heterocycles. The predicted octanol–water partition coefficient (Wildman–Crippen LogP) is 2.25. The number of amides is 1. The Kier molecular flexibility index (Phi) is 4.26. The van der Waals surface area contributed by atoms with Crippen LogP contribution in [0.25, 0.3) is 0 Å². The Morgan fingerprint density at radius 1 is 1.35 bits per heavy atom. The van der Waals surface area contributed by atoms with Crippen LogP contribution in [0.4, 0.5) is 0 Å². The van der Waals surface area contributed by atoms with E-state index in [9.17, 15) is 4.79 Å². The summed E-state index contributed by atoms with van der Waals surface area (Å²) in [5, 5.41) is 7.56. The van der Waals surface area contributed by atoms with Gasteiger partial charge in [0.1, 0.15) is 6.04 Å². The van der Waals surface area contributed by atoms with Gasteiger partial charge in [-0.05, 0) is 48.6 Å². The third-order valence-corrected chi connectivity index (χ3v) is 7.04. The molecule has 3 nitrogen and oxygen atoms in total. The van der Waals surface area contributed by atoms with E-state index in [4.69, 9.17) is 0 Å². The van der Waals surface area contributed by atoms with Gasteiger partial charge in [0.05, 0.1) is 11.4 Å². The predicted molar refractivity (Wildman–Crippen MR) is 95.2 cm³/mol. The molecule has 0 aromatic carbocycles. The Hall–Kier alpha value is -1.17. The SMILES string of the molecule is C[C@H](NC(=O)C[NH+]1CCc2sccc2[C@@H]1c1cccs1)C1CC1. The summed E-state index contributed by atoms with van der Waals surface area (Å²) in [4.78, 5) is 16.8. The number of hydrogen-bond acceptors (Lipinski definition) is 3. The number of thiophene rings is 2. The maximum Gasteiger partial charge on any atom is 0.275 e. The summed E-state index contributed by atoms with van der Waals surface area (Å²) in [5.41, 5.74) is 1.43. The lowest BCUT2D eigenvalue weighted by Crippen LogP contribution is -3.14. The Morgan fingerprint density at radius 2 is 2.22 bits per heavy atom. The number of carbonyl (C=O) groups is 1. The highest BCUT2D eigenvalue weighted by Gasteiger charge is 2.36. The fourth-order valence-electron chi connectivity index (χ4n) is 3.67. The van der Waals surface area contributed by atoms with E-state index in [1.807, 2.05) is 22.7 Å². The number of quaternary nitrogens is 1. The molecular formula is C18H23N2OS2+. The minimum atomic E-state index is 0.208. The largest absolute Gasteiger partial charge is 0.348 e. The monoisotopic (exact) mass is 347 g/mol. The van der Waals surface area contributed by atoms with Crippen molar-refractivity contribution in [1.29, 1.82) is 0 Å². The lowest BCUT2D eigenvalue weighted by molar-refractivity contribution is -0.919. The van der Waals surface area contributed by atoms with E-state index in [-0.39, 0.29) is 5.91 Å². The first-order valence-electron chi connectivity index (χ1n) is 8.46. The molecule has 23 heavy (non-hydrogen) atoms. The highest BCUT2D eigenvalue weighted by Crippen LogP contribution is 2.33. The number of fused-ring (bicyclic) bond motifs is 1. The molecule has 3 atom stereocenters. The number of rotatable bonds is 5. The van der Waals surface area contributed by atoms with Crippen LogP contribution in [0.1, 0.15) is 41.1 Å². The number of nitrogens with one attached hydrogen (secondary N) is 2. The minimum absolute atomic E-state index is 0.208. The lowest BCUT2D eigenvalue weighted by Gasteiger charge is -2.32. The van der Waals surface area contributed by atoms with E-state index in [1.165, 1.54) is 33.1 Å². The first-order chi connectivity index (χ1) is 11.2. The molecule has 5 heteroatoms. The lowest BCUT2D eigenvalue weighted by atomic mass is 9.98. The Balaban J connectivity index is 1.51. The van der Waals surface area contributed by atoms with Gasteiger partial charge in [-0.3, -0.25) is 4.79 Å². The molecular weight excluding hydrogens is 324 g/mol. The molecule has 1 amide bonds. The molecule has 1 aliphatic heterocycles. The fourth-order valence-corrected chi connectivity index (χ4v) is 5.50. The van der Waals surface area contributed by atoms with Gasteiger partial charge in [-0.1, -0.05) is 6.07 Å². The Morgan fingerprint density at radius 3 is 2.96 bits per heavy atom. The van der Waals surface area contributed by atoms with Crippen molar-refractivity contribution >= 4 is 28.6 Å². The van der Waals surface area contributed by atoms with Gasteiger partial charge in [-0.25, -0.2) is 0 Å². The van der Waals surface area contributed by atoms with Crippen molar-refractivity contribution in [3.8, 4) is 0 Å². The zero-order valence-electron chi connectivity index (χ0n) is 13.4. The average Bonchev–Trinajstić information content (AvgIpc) is 3.05. The standard InChI is InChI=1S/C18H22N2OS2/c1-12(13-4-5-13)19-17(21)11-20-8-6-15-14(7-10-23-15)18(20)16-3-2-9-22-16/h2-3,7,9-10,12-13,18H,4-6,8,11H2,1H3,(H,19,21)/p+1/t12-,18+/m0/s1. The van der Waals surface area contributed by atoms with Crippen LogP contribution in [0.2, 0.25) is 0 Å². The van der Waals surface area contributed by atoms with Crippen molar-refractivity contribution < 1.29 is 9.69 Å². The smallest absolute Gasteiger partial charge is 0.275 e. The van der Waals surface area contributed by atoms with Crippen molar-refractivity contribution in [2.45, 2.75) is 38.3 Å². The highest BCUT2D eigenvalue weighted by atomic mass is 32.1. The summed E-state index contributed by atoms with van der Waals surface area (Å²) in [6.45, 7) is 3.77. The molecule has 4 rings (SSSR count). The van der Waals surface area contributed by atoms with Crippen molar-refractivity contribution in [1.82, 2.24) is 5.32 Å². The quantitative estimate of drug-likeness (QED) is 0.855. The minimum Gasteiger partial charge on any atom is -0.348 e. The van der Waals surface area contributed by atoms with Crippen molar-refractivity contribution in [3.05, 3.63) is 44.3 Å². The average molecular weight is 348 g/mol. The summed E-state index contributed by atoms with van der Waals surface area (Å²) in [6, 6.07) is 7.25. The van der Waals surface area contributed by atoms with Crippen molar-refractivity contribution in [2.75, 3.05) is 13.1 Å². The molecule has 1 fully saturated rings. The normalized spacial score (nSPS) is 24.9. The second-order valence-corrected chi connectivity index (χ2v) is 8.76. The molecule has 2 aromatic rings. The molecule has 2 aliphatic rings. The topological polar surface area (TPSA) is 33.5 Å². The van der Waals surface area contributed by atoms with Crippen LogP contribution >= 0.6 is 22.7 Å². The van der Waals surface area contributed by atoms with E-state index < -0.39 is 0 Å². The Bertz CT molecular complexity index is 675. The van der Waals surface area contributed by atoms with Gasteiger partial charge in [-0.2, -0.15) is 0 Å². The van der Waals surface area contributed by atoms with E-state index >= 15 is 0 Å². The molecule has 0 radical (unpaired) electrons. The molecule has 1 saturated carbocycles. The summed E-state index contributed by atoms with van der Waals surface area (Å²) in [7, 11) is 0. The molecule has 1 aliphatic carbocycles. The molecule has 3 heterocycles. The molecule has 0 bridgehead atoms. The second kappa shape index (κ2) is 6.38. The van der Waals surface area contributed by atoms with Gasteiger partial charge >= 0.3 is 0 Å². The van der Waals surface area contributed by atoms with Crippen LogP contribution in [0, 0.1) is 5.92 Å². The van der Waals surface area contributed by atoms with Crippen LogP contribution in [-0.4, -0.2) is 25.0 Å². The van der Waals surface area contributed by atoms with E-state index in [1.54, 1.807) is 0 Å². The van der Waals surface area contributed by atoms with Crippen LogP contribution in [0.5, 0.6) is 0 Å². The maximum absolute atomic E-state index is 12.5. The fraction of sp³-hybridized carbons (Fsp3) is 0.500. The second-order valence-electron chi connectivity index (χ2n) is 6.78. The third kappa shape index (κ3) is 3.23. The third-order valence-electron chi connectivity index (χ3n) is 5.11. The van der Waals surface area contributed by atoms with Crippen LogP contribution in [0.3, 0.4) is 0 Å². The van der Waals surface area contributed by atoms with E-state index in [0.29, 0.717) is 24.5 Å². The van der Waals surface area contributed by atoms with Gasteiger partial charge in [0, 0.05) is 22.9 Å². The number of carbonyl (C=O) groups excluding carboxylic acids is 1. The van der Waals surface area contributed by atoms with E-state index in [0.717, 1.165) is 13.0 Å². The van der Waals surface area contributed by atoms with Crippen LogP contribution < -0.4 is 10.2 Å². The zero-order valence-corrected chi connectivity index (χ0v) is 15.0. The van der Waals surface area contributed by atoms with Gasteiger partial charge in [-0.15, -0.1) is 22.7 Å². The summed E-state index contributed by atoms with van der Waals surface area (Å²) in [5.74, 6) is 0.923. The molecule has 0 spiro atoms. The summed E-state index contributed by atoms with van der Waals surface area (Å²) in [6.07, 6.45) is 3.64. The zero-order chi connectivity index (χ0) is 15.8. The maximum atomic E-state index is 12.5. The summed E-state index contributed by atoms with van der Waals surface area (Å²) >= 11 is 3.67. The van der Waals surface area contributed by atoms with Gasteiger partial charge < -0.3 is 10.2 Å². The Labute approximate surface area is 145 Å². The van der Waals surface area contributed by atoms with Gasteiger partial charge in [0.15, 0.2) is 6.54 Å². The van der Waals surface area contributed by atoms with E-state index in [2.05, 4.69) is 41.2 Å². The molecule has 1 unspecified atom stereocenters. The van der Waals surface area contributed by atoms with Crippen LogP contribution in [0.15, 0.2) is 29.0 Å². The van der Waals surface area contributed by atoms with Gasteiger partial charge in [0.25, 0.3) is 5.91 Å². The van der Waals surface area contributed by atoms with Crippen LogP contribution in [-0.2, 0) is 11.2 Å². The molecule has 0 saturated heterocycles. The van der Waals surface area contributed by atoms with Crippen molar-refractivity contribution in [2.24, 2.45) is 5.92 Å². The summed E-state index contributed by atoms with van der Waals surface area (Å²) < 4.78 is 0.